The lowest BCUT2D eigenvalue weighted by molar-refractivity contribution is -0.120. The van der Waals surface area contributed by atoms with Gasteiger partial charge in [-0.3, -0.25) is 0 Å². The normalized spacial score (nSPS) is 26.5. The first-order valence-corrected chi connectivity index (χ1v) is 11.6. The second-order valence-electron chi connectivity index (χ2n) is 8.91. The zero-order valence-corrected chi connectivity index (χ0v) is 18.5. The van der Waals surface area contributed by atoms with Crippen molar-refractivity contribution in [2.75, 3.05) is 13.2 Å². The number of benzene rings is 2. The van der Waals surface area contributed by atoms with E-state index in [9.17, 15) is 12.8 Å². The average Bonchev–Trinajstić information content (AvgIpc) is 2.69. The van der Waals surface area contributed by atoms with Gasteiger partial charge in [0.15, 0.2) is 21.4 Å². The third-order valence-electron chi connectivity index (χ3n) is 6.08. The summed E-state index contributed by atoms with van der Waals surface area (Å²) >= 11 is 5.95. The van der Waals surface area contributed by atoms with E-state index in [1.54, 1.807) is 0 Å². The van der Waals surface area contributed by atoms with Gasteiger partial charge in [0, 0.05) is 17.5 Å². The minimum absolute atomic E-state index is 0.00275. The standard InChI is InChI=1S/C22H23ClF2O4S/c1-21(2,3)20-15-12-29-19-17(25)9-8-16(24)18(19)22(15,10-11-28-20)30(26,27)14-6-4-13(23)5-7-14/h4-9,15,20H,10-12H2,1-3H3/t15-,20+,22-/m1/s1. The lowest BCUT2D eigenvalue weighted by Gasteiger charge is -2.53. The molecule has 0 spiro atoms. The zero-order chi connectivity index (χ0) is 21.9. The first-order valence-electron chi connectivity index (χ1n) is 9.73. The van der Waals surface area contributed by atoms with E-state index in [0.717, 1.165) is 12.1 Å². The van der Waals surface area contributed by atoms with Crippen molar-refractivity contribution in [1.82, 2.24) is 0 Å². The summed E-state index contributed by atoms with van der Waals surface area (Å²) in [6.45, 7) is 5.79. The molecule has 0 aliphatic carbocycles. The molecule has 4 rings (SSSR count). The molecule has 2 heterocycles. The van der Waals surface area contributed by atoms with E-state index in [1.165, 1.54) is 24.3 Å². The van der Waals surface area contributed by atoms with Crippen LogP contribution < -0.4 is 4.74 Å². The van der Waals surface area contributed by atoms with Gasteiger partial charge in [0.25, 0.3) is 0 Å². The molecule has 30 heavy (non-hydrogen) atoms. The maximum Gasteiger partial charge on any atom is 0.189 e. The van der Waals surface area contributed by atoms with Crippen LogP contribution in [0.5, 0.6) is 5.75 Å². The Morgan fingerprint density at radius 1 is 1.07 bits per heavy atom. The van der Waals surface area contributed by atoms with Crippen molar-refractivity contribution >= 4 is 21.4 Å². The maximum atomic E-state index is 15.2. The quantitative estimate of drug-likeness (QED) is 0.628. The Labute approximate surface area is 180 Å². The summed E-state index contributed by atoms with van der Waals surface area (Å²) in [5.74, 6) is -2.65. The molecule has 4 nitrogen and oxygen atoms in total. The Hall–Kier alpha value is -1.70. The van der Waals surface area contributed by atoms with Gasteiger partial charge in [-0.05, 0) is 48.2 Å². The van der Waals surface area contributed by atoms with Gasteiger partial charge in [-0.15, -0.1) is 0 Å². The summed E-state index contributed by atoms with van der Waals surface area (Å²) in [6, 6.07) is 7.67. The van der Waals surface area contributed by atoms with Crippen LogP contribution in [0.4, 0.5) is 8.78 Å². The van der Waals surface area contributed by atoms with E-state index in [1.807, 2.05) is 20.8 Å². The van der Waals surface area contributed by atoms with Crippen LogP contribution in [-0.4, -0.2) is 27.7 Å². The fraction of sp³-hybridized carbons (Fsp3) is 0.455. The molecule has 2 aromatic carbocycles. The number of sulfone groups is 1. The van der Waals surface area contributed by atoms with Gasteiger partial charge >= 0.3 is 0 Å². The Balaban J connectivity index is 2.05. The SMILES string of the molecule is CC(C)(C)[C@H]1OCC[C@]2(S(=O)(=O)c3ccc(Cl)cc3)c3c(F)ccc(F)c3OC[C@H]12. The fourth-order valence-electron chi connectivity index (χ4n) is 4.80. The molecule has 8 heteroatoms. The predicted octanol–water partition coefficient (Wildman–Crippen LogP) is 5.13. The number of fused-ring (bicyclic) bond motifs is 3. The Kier molecular flexibility index (Phi) is 5.15. The topological polar surface area (TPSA) is 52.6 Å². The molecule has 0 amide bonds. The van der Waals surface area contributed by atoms with Gasteiger partial charge in [-0.2, -0.15) is 0 Å². The third-order valence-corrected chi connectivity index (χ3v) is 8.90. The monoisotopic (exact) mass is 456 g/mol. The van der Waals surface area contributed by atoms with Crippen LogP contribution in [0.1, 0.15) is 32.8 Å². The number of rotatable bonds is 2. The lowest BCUT2D eigenvalue weighted by Crippen LogP contribution is -2.60. The van der Waals surface area contributed by atoms with Crippen LogP contribution >= 0.6 is 11.6 Å². The van der Waals surface area contributed by atoms with E-state index in [4.69, 9.17) is 21.1 Å². The molecule has 0 unspecified atom stereocenters. The molecule has 3 atom stereocenters. The Morgan fingerprint density at radius 3 is 2.33 bits per heavy atom. The van der Waals surface area contributed by atoms with Crippen molar-refractivity contribution in [3.63, 3.8) is 0 Å². The lowest BCUT2D eigenvalue weighted by atomic mass is 9.69. The predicted molar refractivity (Wildman–Crippen MR) is 109 cm³/mol. The summed E-state index contributed by atoms with van der Waals surface area (Å²) in [5.41, 5.74) is -0.692. The van der Waals surface area contributed by atoms with Crippen molar-refractivity contribution in [3.05, 3.63) is 58.6 Å². The zero-order valence-electron chi connectivity index (χ0n) is 16.9. The van der Waals surface area contributed by atoms with Gasteiger partial charge in [-0.1, -0.05) is 32.4 Å². The largest absolute Gasteiger partial charge is 0.490 e. The minimum atomic E-state index is -4.17. The first kappa shape index (κ1) is 21.5. The van der Waals surface area contributed by atoms with Crippen LogP contribution in [0.15, 0.2) is 41.3 Å². The van der Waals surface area contributed by atoms with Crippen molar-refractivity contribution in [3.8, 4) is 5.75 Å². The maximum absolute atomic E-state index is 15.2. The molecule has 0 saturated carbocycles. The van der Waals surface area contributed by atoms with Gasteiger partial charge in [0.1, 0.15) is 10.6 Å². The van der Waals surface area contributed by atoms with E-state index in [-0.39, 0.29) is 35.8 Å². The summed E-state index contributed by atoms with van der Waals surface area (Å²) in [5, 5.41) is 0.382. The number of ether oxygens (including phenoxy) is 2. The number of halogens is 3. The highest BCUT2D eigenvalue weighted by Gasteiger charge is 2.63. The smallest absolute Gasteiger partial charge is 0.189 e. The highest BCUT2D eigenvalue weighted by atomic mass is 35.5. The van der Waals surface area contributed by atoms with Crippen LogP contribution in [0.25, 0.3) is 0 Å². The average molecular weight is 457 g/mol. The van der Waals surface area contributed by atoms with Crippen molar-refractivity contribution < 1.29 is 26.7 Å². The summed E-state index contributed by atoms with van der Waals surface area (Å²) in [7, 11) is -4.17. The van der Waals surface area contributed by atoms with Gasteiger partial charge in [0.2, 0.25) is 0 Å². The van der Waals surface area contributed by atoms with Crippen LogP contribution in [0.3, 0.4) is 0 Å². The van der Waals surface area contributed by atoms with Crippen molar-refractivity contribution in [2.45, 2.75) is 42.9 Å². The molecule has 162 valence electrons. The van der Waals surface area contributed by atoms with Crippen molar-refractivity contribution in [2.24, 2.45) is 11.3 Å². The van der Waals surface area contributed by atoms with E-state index in [2.05, 4.69) is 0 Å². The molecule has 0 bridgehead atoms. The third kappa shape index (κ3) is 3.05. The molecular weight excluding hydrogens is 434 g/mol. The van der Waals surface area contributed by atoms with Gasteiger partial charge in [-0.25, -0.2) is 17.2 Å². The summed E-state index contributed by atoms with van der Waals surface area (Å²) in [6.07, 6.45) is -0.546. The molecule has 0 N–H and O–H groups in total. The minimum Gasteiger partial charge on any atom is -0.490 e. The Bertz CT molecular complexity index is 1080. The fourth-order valence-corrected chi connectivity index (χ4v) is 7.25. The molecule has 2 aliphatic rings. The molecule has 0 aromatic heterocycles. The van der Waals surface area contributed by atoms with Gasteiger partial charge < -0.3 is 9.47 Å². The second kappa shape index (κ2) is 7.18. The number of hydrogen-bond acceptors (Lipinski definition) is 4. The van der Waals surface area contributed by atoms with Crippen LogP contribution in [0.2, 0.25) is 5.02 Å². The Morgan fingerprint density at radius 2 is 1.70 bits per heavy atom. The number of hydrogen-bond donors (Lipinski definition) is 0. The summed E-state index contributed by atoms with van der Waals surface area (Å²) in [4.78, 5) is 0.00275. The van der Waals surface area contributed by atoms with Gasteiger partial charge in [0.05, 0.1) is 23.2 Å². The van der Waals surface area contributed by atoms with E-state index in [0.29, 0.717) is 5.02 Å². The first-order chi connectivity index (χ1) is 14.0. The highest BCUT2D eigenvalue weighted by molar-refractivity contribution is 7.92. The van der Waals surface area contributed by atoms with Crippen molar-refractivity contribution in [1.29, 1.82) is 0 Å². The molecule has 1 fully saturated rings. The van der Waals surface area contributed by atoms with E-state index < -0.39 is 43.7 Å². The second-order valence-corrected chi connectivity index (χ2v) is 11.5. The van der Waals surface area contributed by atoms with Crippen LogP contribution in [0, 0.1) is 23.0 Å². The van der Waals surface area contributed by atoms with Crippen LogP contribution in [-0.2, 0) is 19.3 Å². The molecule has 2 aromatic rings. The highest BCUT2D eigenvalue weighted by Crippen LogP contribution is 2.57. The molecule has 2 aliphatic heterocycles. The summed E-state index contributed by atoms with van der Waals surface area (Å²) < 4.78 is 68.0. The molecule has 1 saturated heterocycles. The molecule has 0 radical (unpaired) electrons. The van der Waals surface area contributed by atoms with E-state index >= 15 is 4.39 Å². The molecular formula is C22H23ClF2O4S.